The molecule has 0 radical (unpaired) electrons. The van der Waals surface area contributed by atoms with Crippen LogP contribution < -0.4 is 11.1 Å². The average Bonchev–Trinajstić information content (AvgIpc) is 3.12. The predicted octanol–water partition coefficient (Wildman–Crippen LogP) is 1.89. The van der Waals surface area contributed by atoms with Crippen molar-refractivity contribution in [3.63, 3.8) is 0 Å². The van der Waals surface area contributed by atoms with Crippen LogP contribution in [-0.4, -0.2) is 10.6 Å². The number of aryl methyl sites for hydroxylation is 1. The van der Waals surface area contributed by atoms with Gasteiger partial charge in [0.2, 0.25) is 0 Å². The summed E-state index contributed by atoms with van der Waals surface area (Å²) < 4.78 is 2.27. The molecule has 0 bridgehead atoms. The van der Waals surface area contributed by atoms with E-state index in [2.05, 4.69) is 41.2 Å². The molecule has 0 amide bonds. The smallest absolute Gasteiger partial charge is 0.0525 e. The SMILES string of the molecule is Cn1c(CNC2CC2)cc2cccc(CN)c21. The molecule has 1 saturated carbocycles. The largest absolute Gasteiger partial charge is 0.346 e. The minimum Gasteiger partial charge on any atom is -0.346 e. The molecule has 90 valence electrons. The van der Waals surface area contributed by atoms with Crippen LogP contribution in [-0.2, 0) is 20.1 Å². The van der Waals surface area contributed by atoms with Crippen LogP contribution in [0.1, 0.15) is 24.1 Å². The molecule has 0 saturated heterocycles. The zero-order chi connectivity index (χ0) is 11.8. The number of benzene rings is 1. The molecule has 17 heavy (non-hydrogen) atoms. The molecule has 3 N–H and O–H groups in total. The zero-order valence-electron chi connectivity index (χ0n) is 10.2. The Morgan fingerprint density at radius 1 is 1.41 bits per heavy atom. The monoisotopic (exact) mass is 229 g/mol. The minimum atomic E-state index is 0.602. The molecule has 1 heterocycles. The van der Waals surface area contributed by atoms with Gasteiger partial charge in [-0.25, -0.2) is 0 Å². The van der Waals surface area contributed by atoms with Crippen molar-refractivity contribution >= 4 is 10.9 Å². The molecular formula is C14H19N3. The highest BCUT2D eigenvalue weighted by Crippen LogP contribution is 2.24. The Morgan fingerprint density at radius 3 is 2.94 bits per heavy atom. The lowest BCUT2D eigenvalue weighted by molar-refractivity contribution is 0.655. The second kappa shape index (κ2) is 4.17. The summed E-state index contributed by atoms with van der Waals surface area (Å²) in [4.78, 5) is 0. The second-order valence-corrected chi connectivity index (χ2v) is 4.91. The maximum atomic E-state index is 5.80. The molecule has 1 aromatic heterocycles. The maximum absolute atomic E-state index is 5.80. The third-order valence-corrected chi connectivity index (χ3v) is 3.61. The fourth-order valence-corrected chi connectivity index (χ4v) is 2.43. The highest BCUT2D eigenvalue weighted by Gasteiger charge is 2.20. The van der Waals surface area contributed by atoms with Gasteiger partial charge >= 0.3 is 0 Å². The maximum Gasteiger partial charge on any atom is 0.0525 e. The first-order valence-electron chi connectivity index (χ1n) is 6.29. The quantitative estimate of drug-likeness (QED) is 0.840. The normalized spacial score (nSPS) is 15.6. The Morgan fingerprint density at radius 2 is 2.24 bits per heavy atom. The third kappa shape index (κ3) is 1.96. The summed E-state index contributed by atoms with van der Waals surface area (Å²) in [6, 6.07) is 9.38. The van der Waals surface area contributed by atoms with Crippen LogP contribution in [0.5, 0.6) is 0 Å². The molecule has 3 heteroatoms. The highest BCUT2D eigenvalue weighted by atomic mass is 15.0. The zero-order valence-corrected chi connectivity index (χ0v) is 10.2. The van der Waals surface area contributed by atoms with E-state index in [-0.39, 0.29) is 0 Å². The van der Waals surface area contributed by atoms with Gasteiger partial charge in [-0.3, -0.25) is 0 Å². The van der Waals surface area contributed by atoms with Gasteiger partial charge < -0.3 is 15.6 Å². The van der Waals surface area contributed by atoms with Crippen LogP contribution in [0.15, 0.2) is 24.3 Å². The second-order valence-electron chi connectivity index (χ2n) is 4.91. The summed E-state index contributed by atoms with van der Waals surface area (Å²) >= 11 is 0. The average molecular weight is 229 g/mol. The number of fused-ring (bicyclic) bond motifs is 1. The van der Waals surface area contributed by atoms with E-state index < -0.39 is 0 Å². The van der Waals surface area contributed by atoms with Gasteiger partial charge in [0, 0.05) is 37.3 Å². The van der Waals surface area contributed by atoms with E-state index in [0.29, 0.717) is 6.54 Å². The van der Waals surface area contributed by atoms with E-state index >= 15 is 0 Å². The first-order chi connectivity index (χ1) is 8.29. The van der Waals surface area contributed by atoms with Crippen molar-refractivity contribution in [2.24, 2.45) is 12.8 Å². The van der Waals surface area contributed by atoms with Gasteiger partial charge in [0.05, 0.1) is 5.52 Å². The lowest BCUT2D eigenvalue weighted by atomic mass is 10.1. The Labute approximate surface area is 102 Å². The van der Waals surface area contributed by atoms with Crippen molar-refractivity contribution in [1.82, 2.24) is 9.88 Å². The first kappa shape index (κ1) is 10.8. The van der Waals surface area contributed by atoms with Gasteiger partial charge in [-0.05, 0) is 24.5 Å². The molecule has 2 aromatic rings. The molecular weight excluding hydrogens is 210 g/mol. The molecule has 0 unspecified atom stereocenters. The summed E-state index contributed by atoms with van der Waals surface area (Å²) in [6.45, 7) is 1.56. The summed E-state index contributed by atoms with van der Waals surface area (Å²) in [5.41, 5.74) is 9.64. The molecule has 3 nitrogen and oxygen atoms in total. The lowest BCUT2D eigenvalue weighted by Gasteiger charge is -2.07. The molecule has 0 aliphatic heterocycles. The van der Waals surface area contributed by atoms with E-state index in [1.54, 1.807) is 0 Å². The van der Waals surface area contributed by atoms with E-state index in [4.69, 9.17) is 5.73 Å². The van der Waals surface area contributed by atoms with Crippen molar-refractivity contribution in [3.05, 3.63) is 35.5 Å². The molecule has 0 atom stereocenters. The lowest BCUT2D eigenvalue weighted by Crippen LogP contribution is -2.17. The summed E-state index contributed by atoms with van der Waals surface area (Å²) in [6.07, 6.45) is 2.66. The first-order valence-corrected chi connectivity index (χ1v) is 6.29. The highest BCUT2D eigenvalue weighted by molar-refractivity contribution is 5.84. The number of hydrogen-bond donors (Lipinski definition) is 2. The summed E-state index contributed by atoms with van der Waals surface area (Å²) in [5.74, 6) is 0. The van der Waals surface area contributed by atoms with E-state index in [0.717, 1.165) is 12.6 Å². The Balaban J connectivity index is 1.98. The fourth-order valence-electron chi connectivity index (χ4n) is 2.43. The van der Waals surface area contributed by atoms with E-state index in [1.807, 2.05) is 0 Å². The Hall–Kier alpha value is -1.32. The van der Waals surface area contributed by atoms with Gasteiger partial charge in [-0.2, -0.15) is 0 Å². The number of aromatic nitrogens is 1. The van der Waals surface area contributed by atoms with Crippen LogP contribution in [0.25, 0.3) is 10.9 Å². The molecule has 1 aliphatic rings. The van der Waals surface area contributed by atoms with Crippen LogP contribution in [0.2, 0.25) is 0 Å². The molecule has 3 rings (SSSR count). The van der Waals surface area contributed by atoms with Crippen LogP contribution >= 0.6 is 0 Å². The number of hydrogen-bond acceptors (Lipinski definition) is 2. The van der Waals surface area contributed by atoms with Gasteiger partial charge in [-0.15, -0.1) is 0 Å². The van der Waals surface area contributed by atoms with Crippen molar-refractivity contribution in [2.45, 2.75) is 32.0 Å². The minimum absolute atomic E-state index is 0.602. The van der Waals surface area contributed by atoms with Crippen molar-refractivity contribution < 1.29 is 0 Å². The molecule has 1 aromatic carbocycles. The predicted molar refractivity (Wildman–Crippen MR) is 70.7 cm³/mol. The van der Waals surface area contributed by atoms with Gasteiger partial charge in [0.1, 0.15) is 0 Å². The van der Waals surface area contributed by atoms with Gasteiger partial charge in [0.15, 0.2) is 0 Å². The Bertz CT molecular complexity index is 538. The summed E-state index contributed by atoms with van der Waals surface area (Å²) in [7, 11) is 2.13. The fraction of sp³-hybridized carbons (Fsp3) is 0.429. The van der Waals surface area contributed by atoms with Gasteiger partial charge in [-0.1, -0.05) is 18.2 Å². The van der Waals surface area contributed by atoms with Crippen molar-refractivity contribution in [2.75, 3.05) is 0 Å². The van der Waals surface area contributed by atoms with Gasteiger partial charge in [0.25, 0.3) is 0 Å². The van der Waals surface area contributed by atoms with Crippen molar-refractivity contribution in [1.29, 1.82) is 0 Å². The molecule has 1 fully saturated rings. The third-order valence-electron chi connectivity index (χ3n) is 3.61. The number of rotatable bonds is 4. The Kier molecular flexibility index (Phi) is 2.65. The van der Waals surface area contributed by atoms with E-state index in [1.165, 1.54) is 35.0 Å². The number of nitrogens with zero attached hydrogens (tertiary/aromatic N) is 1. The number of nitrogens with two attached hydrogens (primary N) is 1. The standard InChI is InChI=1S/C14H19N3/c1-17-13(9-16-12-5-6-12)7-10-3-2-4-11(8-15)14(10)17/h2-4,7,12,16H,5-6,8-9,15H2,1H3. The van der Waals surface area contributed by atoms with Crippen LogP contribution in [0, 0.1) is 0 Å². The van der Waals surface area contributed by atoms with Crippen LogP contribution in [0.4, 0.5) is 0 Å². The van der Waals surface area contributed by atoms with Crippen LogP contribution in [0.3, 0.4) is 0 Å². The van der Waals surface area contributed by atoms with E-state index in [9.17, 15) is 0 Å². The molecule has 0 spiro atoms. The summed E-state index contributed by atoms with van der Waals surface area (Å²) in [5, 5.41) is 4.85. The topological polar surface area (TPSA) is 43.0 Å². The van der Waals surface area contributed by atoms with Crippen molar-refractivity contribution in [3.8, 4) is 0 Å². The number of nitrogens with one attached hydrogen (secondary N) is 1. The number of para-hydroxylation sites is 1. The molecule has 1 aliphatic carbocycles.